The van der Waals surface area contributed by atoms with Crippen LogP contribution in [0, 0.1) is 11.8 Å². The molecule has 12 heteroatoms. The Hall–Kier alpha value is -4.97. The van der Waals surface area contributed by atoms with Crippen LogP contribution in [0.5, 0.6) is 0 Å². The van der Waals surface area contributed by atoms with E-state index in [9.17, 15) is 28.8 Å². The largest absolute Gasteiger partial charge is 0.409 e. The number of nitrogens with one attached hydrogen (secondary N) is 3. The summed E-state index contributed by atoms with van der Waals surface area (Å²) < 4.78 is 1.06. The molecule has 1 fully saturated rings. The number of carbonyl (C=O) groups excluding carboxylic acids is 6. The maximum atomic E-state index is 13.9. The van der Waals surface area contributed by atoms with Gasteiger partial charge in [-0.2, -0.15) is 4.58 Å². The second kappa shape index (κ2) is 22.7. The monoisotopic (exact) mass is 785 g/mol. The van der Waals surface area contributed by atoms with Crippen LogP contribution in [-0.2, 0) is 35.2 Å². The standard InChI is InChI=1S/C45H64N6O6/c1-29(2)27-39(43(55)47-37(25-26-46)42(54)48-38(32(6)52)28-34-15-11-9-12-16-34)51(8)44(56)31(5)50(7)45(57)41(30(3)4)49-40(53)24-21-33-19-22-36(23-20-33)35-17-13-10-14-18-35/h10,13-14,17-20,22-23,29,31,34,37-39,41H,3,8-9,11-12,15-16,21,24-28,46H2,1-2,4-7H3,(H2-,47,48,49,53,54,55)/p+1/t31-,37-,38-,39+,41-/m0/s1. The fourth-order valence-corrected chi connectivity index (χ4v) is 7.22. The highest BCUT2D eigenvalue weighted by Crippen LogP contribution is 2.27. The third kappa shape index (κ3) is 14.2. The quantitative estimate of drug-likeness (QED) is 0.0806. The molecule has 3 rings (SSSR count). The summed E-state index contributed by atoms with van der Waals surface area (Å²) >= 11 is 0. The van der Waals surface area contributed by atoms with Crippen molar-refractivity contribution in [1.82, 2.24) is 20.9 Å². The zero-order valence-electron chi connectivity index (χ0n) is 34.9. The minimum atomic E-state index is -1.08. The van der Waals surface area contributed by atoms with Crippen molar-refractivity contribution < 1.29 is 33.3 Å². The Morgan fingerprint density at radius 2 is 1.44 bits per heavy atom. The molecule has 1 aliphatic rings. The van der Waals surface area contributed by atoms with Crippen molar-refractivity contribution in [2.75, 3.05) is 13.6 Å². The lowest BCUT2D eigenvalue weighted by molar-refractivity contribution is -0.472. The van der Waals surface area contributed by atoms with E-state index in [1.54, 1.807) is 6.92 Å². The summed E-state index contributed by atoms with van der Waals surface area (Å²) in [5.74, 6) is -2.46. The molecule has 1 aliphatic carbocycles. The third-order valence-electron chi connectivity index (χ3n) is 10.9. The van der Waals surface area contributed by atoms with Gasteiger partial charge in [0.2, 0.25) is 23.8 Å². The van der Waals surface area contributed by atoms with Gasteiger partial charge in [-0.15, -0.1) is 0 Å². The number of nitrogens with zero attached hydrogens (tertiary/aromatic N) is 2. The van der Waals surface area contributed by atoms with E-state index in [0.29, 0.717) is 24.3 Å². The van der Waals surface area contributed by atoms with Crippen LogP contribution in [0.1, 0.15) is 98.0 Å². The minimum Gasteiger partial charge on any atom is -0.345 e. The highest BCUT2D eigenvalue weighted by molar-refractivity contribution is 5.95. The summed E-state index contributed by atoms with van der Waals surface area (Å²) in [5, 5.41) is 8.40. The molecular formula is C45H65N6O6+. The average molecular weight is 786 g/mol. The summed E-state index contributed by atoms with van der Waals surface area (Å²) in [6, 6.07) is 13.0. The number of benzene rings is 2. The summed E-state index contributed by atoms with van der Waals surface area (Å²) in [6.45, 7) is 16.4. The van der Waals surface area contributed by atoms with E-state index in [4.69, 9.17) is 5.73 Å². The molecule has 0 saturated heterocycles. The van der Waals surface area contributed by atoms with Crippen LogP contribution in [0.2, 0.25) is 0 Å². The van der Waals surface area contributed by atoms with Crippen LogP contribution in [0.3, 0.4) is 0 Å². The zero-order chi connectivity index (χ0) is 42.2. The Bertz CT molecular complexity index is 1720. The lowest BCUT2D eigenvalue weighted by Crippen LogP contribution is -2.57. The van der Waals surface area contributed by atoms with Gasteiger partial charge in [0.05, 0.1) is 6.04 Å². The third-order valence-corrected chi connectivity index (χ3v) is 10.9. The van der Waals surface area contributed by atoms with E-state index >= 15 is 0 Å². The topological polar surface area (TPSA) is 171 Å². The first-order valence-corrected chi connectivity index (χ1v) is 20.3. The summed E-state index contributed by atoms with van der Waals surface area (Å²) in [4.78, 5) is 81.9. The lowest BCUT2D eigenvalue weighted by atomic mass is 9.84. The van der Waals surface area contributed by atoms with Crippen molar-refractivity contribution in [1.29, 1.82) is 0 Å². The van der Waals surface area contributed by atoms with E-state index in [-0.39, 0.29) is 43.4 Å². The van der Waals surface area contributed by atoms with Gasteiger partial charge in [0, 0.05) is 19.9 Å². The van der Waals surface area contributed by atoms with Gasteiger partial charge in [-0.25, -0.2) is 4.79 Å². The Balaban J connectivity index is 1.65. The molecule has 0 aromatic heterocycles. The summed E-state index contributed by atoms with van der Waals surface area (Å²) in [7, 11) is 1.45. The predicted molar refractivity (Wildman–Crippen MR) is 224 cm³/mol. The van der Waals surface area contributed by atoms with E-state index in [2.05, 4.69) is 29.2 Å². The van der Waals surface area contributed by atoms with Crippen LogP contribution in [0.4, 0.5) is 0 Å². The molecule has 2 aromatic carbocycles. The van der Waals surface area contributed by atoms with Crippen molar-refractivity contribution in [3.05, 3.63) is 72.3 Å². The van der Waals surface area contributed by atoms with Gasteiger partial charge < -0.3 is 26.6 Å². The molecule has 0 bridgehead atoms. The Morgan fingerprint density at radius 3 is 2.00 bits per heavy atom. The van der Waals surface area contributed by atoms with Gasteiger partial charge >= 0.3 is 5.91 Å². The number of nitrogens with two attached hydrogens (primary N) is 1. The first-order valence-electron chi connectivity index (χ1n) is 20.3. The highest BCUT2D eigenvalue weighted by atomic mass is 16.2. The van der Waals surface area contributed by atoms with Crippen molar-refractivity contribution in [3.8, 4) is 11.1 Å². The fourth-order valence-electron chi connectivity index (χ4n) is 7.22. The van der Waals surface area contributed by atoms with Crippen LogP contribution >= 0.6 is 0 Å². The molecular weight excluding hydrogens is 721 g/mol. The molecule has 0 spiro atoms. The fraction of sp³-hybridized carbons (Fsp3) is 0.533. The lowest BCUT2D eigenvalue weighted by Gasteiger charge is -2.29. The highest BCUT2D eigenvalue weighted by Gasteiger charge is 2.41. The number of Topliss-reactive ketones (excluding diaryl/α,β-unsaturated/α-hetero) is 1. The molecule has 2 aromatic rings. The van der Waals surface area contributed by atoms with Gasteiger partial charge in [0.25, 0.3) is 5.91 Å². The van der Waals surface area contributed by atoms with Crippen molar-refractivity contribution in [3.63, 3.8) is 0 Å². The second-order valence-corrected chi connectivity index (χ2v) is 16.0. The molecule has 5 N–H and O–H groups in total. The number of likely N-dealkylation sites (N-methyl/N-ethyl adjacent to an activating group) is 1. The van der Waals surface area contributed by atoms with E-state index in [0.717, 1.165) is 46.9 Å². The number of rotatable bonds is 21. The van der Waals surface area contributed by atoms with E-state index < -0.39 is 53.8 Å². The van der Waals surface area contributed by atoms with Gasteiger partial charge in [-0.3, -0.25) is 24.0 Å². The predicted octanol–water partition coefficient (Wildman–Crippen LogP) is 4.73. The Kier molecular flexibility index (Phi) is 18.5. The average Bonchev–Trinajstić information content (AvgIpc) is 3.19. The normalized spacial score (nSPS) is 15.6. The Labute approximate surface area is 339 Å². The second-order valence-electron chi connectivity index (χ2n) is 16.0. The van der Waals surface area contributed by atoms with Crippen molar-refractivity contribution in [2.45, 2.75) is 129 Å². The van der Waals surface area contributed by atoms with Gasteiger partial charge in [-0.05, 0) is 80.7 Å². The summed E-state index contributed by atoms with van der Waals surface area (Å²) in [6.07, 6.45) is 6.90. The molecule has 0 aliphatic heterocycles. The molecule has 57 heavy (non-hydrogen) atoms. The number of aryl methyl sites for hydroxylation is 1. The zero-order valence-corrected chi connectivity index (χ0v) is 34.9. The first-order chi connectivity index (χ1) is 27.0. The number of amides is 5. The molecule has 0 radical (unpaired) electrons. The summed E-state index contributed by atoms with van der Waals surface area (Å²) in [5.41, 5.74) is 9.38. The SMILES string of the molecule is C=C(C)[C@H](NC(=O)CCc1ccc(-c2ccccc2)cc1)C(=O)N(C)[C@@H](C)C(=O)[N+](=C)[C@H](CC(C)C)C(=O)N[C@@H](CCN)C(=O)N[C@@H](CC1CCCCC1)C(C)=O. The minimum absolute atomic E-state index is 0.0448. The van der Waals surface area contributed by atoms with Crippen LogP contribution in [-0.4, -0.2) is 95.3 Å². The van der Waals surface area contributed by atoms with Crippen molar-refractivity contribution >= 4 is 42.0 Å². The smallest absolute Gasteiger partial charge is 0.345 e. The van der Waals surface area contributed by atoms with E-state index in [1.165, 1.54) is 32.2 Å². The molecule has 1 saturated carbocycles. The number of carbonyl (C=O) groups is 6. The first kappa shape index (κ1) is 46.4. The van der Waals surface area contributed by atoms with Crippen LogP contribution < -0.4 is 21.7 Å². The molecule has 5 atom stereocenters. The molecule has 0 unspecified atom stereocenters. The van der Waals surface area contributed by atoms with Gasteiger partial charge in [-0.1, -0.05) is 107 Å². The van der Waals surface area contributed by atoms with Crippen LogP contribution in [0.25, 0.3) is 11.1 Å². The van der Waals surface area contributed by atoms with Crippen LogP contribution in [0.15, 0.2) is 66.7 Å². The molecule has 12 nitrogen and oxygen atoms in total. The maximum absolute atomic E-state index is 13.9. The number of ketones is 1. The maximum Gasteiger partial charge on any atom is 0.409 e. The van der Waals surface area contributed by atoms with Crippen molar-refractivity contribution in [2.24, 2.45) is 17.6 Å². The van der Waals surface area contributed by atoms with Gasteiger partial charge in [0.15, 0.2) is 11.8 Å². The number of hydrogen-bond acceptors (Lipinski definition) is 7. The molecule has 310 valence electrons. The van der Waals surface area contributed by atoms with Gasteiger partial charge in [0.1, 0.15) is 18.8 Å². The molecule has 0 heterocycles. The Morgan fingerprint density at radius 1 is 0.842 bits per heavy atom. The molecule has 5 amide bonds. The number of hydrogen-bond donors (Lipinski definition) is 4. The van der Waals surface area contributed by atoms with E-state index in [1.807, 2.05) is 68.4 Å².